The third-order valence-corrected chi connectivity index (χ3v) is 6.64. The molecule has 0 aliphatic carbocycles. The molecule has 0 unspecified atom stereocenters. The Hall–Kier alpha value is -3.03. The predicted molar refractivity (Wildman–Crippen MR) is 133 cm³/mol. The average Bonchev–Trinajstić information content (AvgIpc) is 3.11. The Balaban J connectivity index is 1.76. The molecular formula is C25H21BrN2O3S. The van der Waals surface area contributed by atoms with Crippen molar-refractivity contribution in [2.75, 3.05) is 7.11 Å². The Bertz CT molecular complexity index is 1200. The number of carbonyl (C=O) groups is 1. The van der Waals surface area contributed by atoms with Gasteiger partial charge in [0.1, 0.15) is 0 Å². The molecule has 7 heteroatoms. The molecule has 1 amide bonds. The normalized spacial score (nSPS) is 17.2. The zero-order valence-electron chi connectivity index (χ0n) is 17.5. The van der Waals surface area contributed by atoms with Gasteiger partial charge >= 0.3 is 0 Å². The van der Waals surface area contributed by atoms with Crippen LogP contribution in [0.1, 0.15) is 24.1 Å². The highest BCUT2D eigenvalue weighted by atomic mass is 79.9. The van der Waals surface area contributed by atoms with Crippen LogP contribution in [0.4, 0.5) is 5.69 Å². The van der Waals surface area contributed by atoms with Gasteiger partial charge in [-0.25, -0.2) is 4.99 Å². The Morgan fingerprint density at radius 3 is 2.41 bits per heavy atom. The first-order chi connectivity index (χ1) is 15.5. The molecule has 4 rings (SSSR count). The Morgan fingerprint density at radius 1 is 1.09 bits per heavy atom. The number of methoxy groups -OCH3 is 1. The number of halogens is 1. The molecule has 1 heterocycles. The Kier molecular flexibility index (Phi) is 6.67. The maximum absolute atomic E-state index is 13.5. The smallest absolute Gasteiger partial charge is 0.267 e. The molecule has 0 spiro atoms. The molecule has 32 heavy (non-hydrogen) atoms. The summed E-state index contributed by atoms with van der Waals surface area (Å²) in [6.45, 7) is 2.00. The van der Waals surface area contributed by atoms with Crippen molar-refractivity contribution < 1.29 is 14.6 Å². The number of para-hydroxylation sites is 1. The van der Waals surface area contributed by atoms with Crippen LogP contribution >= 0.6 is 27.7 Å². The first-order valence-electron chi connectivity index (χ1n) is 9.96. The van der Waals surface area contributed by atoms with E-state index in [4.69, 9.17) is 9.73 Å². The summed E-state index contributed by atoms with van der Waals surface area (Å²) in [5, 5.41) is 10.7. The number of ether oxygens (including phenoxy) is 1. The molecular weight excluding hydrogens is 488 g/mol. The molecule has 3 aromatic carbocycles. The highest BCUT2D eigenvalue weighted by molar-refractivity contribution is 9.10. The van der Waals surface area contributed by atoms with Crippen molar-refractivity contribution in [2.45, 2.75) is 13.0 Å². The maximum atomic E-state index is 13.5. The highest BCUT2D eigenvalue weighted by Crippen LogP contribution is 2.41. The van der Waals surface area contributed by atoms with Crippen molar-refractivity contribution in [1.82, 2.24) is 4.90 Å². The van der Waals surface area contributed by atoms with E-state index in [2.05, 4.69) is 15.9 Å². The molecule has 1 fully saturated rings. The predicted octanol–water partition coefficient (Wildman–Crippen LogP) is 6.53. The standard InChI is InChI=1S/C25H21BrN2O3S/c1-16(18-9-5-3-6-10-18)28-24(30)22(32-25(28)27-19-11-7-4-8-12-19)15-17-13-20(26)23(29)21(14-17)31-2/h3-16,29H,1-2H3/b22-15+,27-25?/t16-/m1/s1. The molecule has 0 saturated carbocycles. The molecule has 1 aliphatic rings. The number of rotatable bonds is 5. The molecule has 0 aromatic heterocycles. The fourth-order valence-electron chi connectivity index (χ4n) is 3.38. The van der Waals surface area contributed by atoms with E-state index in [1.807, 2.05) is 67.6 Å². The Morgan fingerprint density at radius 2 is 1.75 bits per heavy atom. The minimum Gasteiger partial charge on any atom is -0.503 e. The minimum atomic E-state index is -0.189. The number of nitrogens with zero attached hydrogens (tertiary/aromatic N) is 2. The molecule has 0 radical (unpaired) electrons. The maximum Gasteiger partial charge on any atom is 0.267 e. The van der Waals surface area contributed by atoms with E-state index in [1.165, 1.54) is 18.9 Å². The number of hydrogen-bond donors (Lipinski definition) is 1. The topological polar surface area (TPSA) is 62.1 Å². The highest BCUT2D eigenvalue weighted by Gasteiger charge is 2.37. The summed E-state index contributed by atoms with van der Waals surface area (Å²) in [5.41, 5.74) is 2.54. The van der Waals surface area contributed by atoms with Crippen LogP contribution in [0.5, 0.6) is 11.5 Å². The number of thioether (sulfide) groups is 1. The summed E-state index contributed by atoms with van der Waals surface area (Å²) in [7, 11) is 1.49. The summed E-state index contributed by atoms with van der Waals surface area (Å²) in [4.78, 5) is 20.5. The lowest BCUT2D eigenvalue weighted by Crippen LogP contribution is -2.32. The summed E-state index contributed by atoms with van der Waals surface area (Å²) < 4.78 is 5.73. The first-order valence-corrected chi connectivity index (χ1v) is 11.6. The van der Waals surface area contributed by atoms with Crippen LogP contribution in [0.3, 0.4) is 0 Å². The van der Waals surface area contributed by atoms with Gasteiger partial charge in [-0.1, -0.05) is 48.5 Å². The fourth-order valence-corrected chi connectivity index (χ4v) is 4.91. The number of phenolic OH excluding ortho intramolecular Hbond substituents is 1. The number of amidine groups is 1. The number of hydrogen-bond acceptors (Lipinski definition) is 5. The van der Waals surface area contributed by atoms with Crippen LogP contribution in [-0.4, -0.2) is 28.2 Å². The van der Waals surface area contributed by atoms with Gasteiger partial charge in [0.25, 0.3) is 5.91 Å². The number of aliphatic imine (C=N–C) groups is 1. The second-order valence-corrected chi connectivity index (χ2v) is 9.02. The van der Waals surface area contributed by atoms with Crippen LogP contribution < -0.4 is 4.74 Å². The summed E-state index contributed by atoms with van der Waals surface area (Å²) >= 11 is 4.67. The van der Waals surface area contributed by atoms with Gasteiger partial charge in [0.15, 0.2) is 16.7 Å². The second-order valence-electron chi connectivity index (χ2n) is 7.16. The molecule has 5 nitrogen and oxygen atoms in total. The summed E-state index contributed by atoms with van der Waals surface area (Å²) in [6, 6.07) is 22.7. The number of phenols is 1. The zero-order chi connectivity index (χ0) is 22.7. The van der Waals surface area contributed by atoms with Crippen LogP contribution in [0.25, 0.3) is 6.08 Å². The molecule has 1 saturated heterocycles. The number of amides is 1. The SMILES string of the molecule is COc1cc(/C=C2/SC(=Nc3ccccc3)N([C@H](C)c3ccccc3)C2=O)cc(Br)c1O. The van der Waals surface area contributed by atoms with Crippen molar-refractivity contribution in [3.63, 3.8) is 0 Å². The summed E-state index contributed by atoms with van der Waals surface area (Å²) in [5.74, 6) is 0.226. The lowest BCUT2D eigenvalue weighted by Gasteiger charge is -2.24. The van der Waals surface area contributed by atoms with Gasteiger partial charge < -0.3 is 9.84 Å². The molecule has 1 atom stereocenters. The zero-order valence-corrected chi connectivity index (χ0v) is 19.9. The van der Waals surface area contributed by atoms with Crippen molar-refractivity contribution >= 4 is 50.5 Å². The van der Waals surface area contributed by atoms with E-state index in [1.54, 1.807) is 23.1 Å². The van der Waals surface area contributed by atoms with Gasteiger partial charge in [-0.15, -0.1) is 0 Å². The summed E-state index contributed by atoms with van der Waals surface area (Å²) in [6.07, 6.45) is 1.79. The van der Waals surface area contributed by atoms with Crippen molar-refractivity contribution in [3.8, 4) is 11.5 Å². The van der Waals surface area contributed by atoms with E-state index >= 15 is 0 Å². The minimum absolute atomic E-state index is 0.0192. The number of carbonyl (C=O) groups excluding carboxylic acids is 1. The molecule has 1 aliphatic heterocycles. The van der Waals surface area contributed by atoms with E-state index in [0.717, 1.165) is 16.8 Å². The quantitative estimate of drug-likeness (QED) is 0.398. The van der Waals surface area contributed by atoms with Gasteiger partial charge in [0.2, 0.25) is 0 Å². The lowest BCUT2D eigenvalue weighted by atomic mass is 10.1. The van der Waals surface area contributed by atoms with Crippen LogP contribution in [0, 0.1) is 0 Å². The largest absolute Gasteiger partial charge is 0.503 e. The third kappa shape index (κ3) is 4.59. The fraction of sp³-hybridized carbons (Fsp3) is 0.120. The van der Waals surface area contributed by atoms with Gasteiger partial charge in [0.05, 0.1) is 28.2 Å². The molecule has 3 aromatic rings. The monoisotopic (exact) mass is 508 g/mol. The van der Waals surface area contributed by atoms with Crippen LogP contribution in [0.2, 0.25) is 0 Å². The second kappa shape index (κ2) is 9.63. The number of benzene rings is 3. The van der Waals surface area contributed by atoms with E-state index in [-0.39, 0.29) is 17.7 Å². The van der Waals surface area contributed by atoms with Crippen LogP contribution in [-0.2, 0) is 4.79 Å². The third-order valence-electron chi connectivity index (χ3n) is 5.06. The molecule has 0 bridgehead atoms. The van der Waals surface area contributed by atoms with E-state index in [9.17, 15) is 9.90 Å². The van der Waals surface area contributed by atoms with E-state index < -0.39 is 0 Å². The Labute approximate surface area is 199 Å². The molecule has 162 valence electrons. The lowest BCUT2D eigenvalue weighted by molar-refractivity contribution is -0.123. The van der Waals surface area contributed by atoms with Crippen molar-refractivity contribution in [1.29, 1.82) is 0 Å². The number of aromatic hydroxyl groups is 1. The van der Waals surface area contributed by atoms with Crippen molar-refractivity contribution in [2.24, 2.45) is 4.99 Å². The first kappa shape index (κ1) is 22.2. The van der Waals surface area contributed by atoms with Gasteiger partial charge in [0, 0.05) is 0 Å². The molecule has 1 N–H and O–H groups in total. The van der Waals surface area contributed by atoms with Crippen LogP contribution in [0.15, 0.2) is 87.2 Å². The van der Waals surface area contributed by atoms with Gasteiger partial charge in [-0.05, 0) is 76.1 Å². The van der Waals surface area contributed by atoms with Gasteiger partial charge in [-0.2, -0.15) is 0 Å². The van der Waals surface area contributed by atoms with Gasteiger partial charge in [-0.3, -0.25) is 9.69 Å². The van der Waals surface area contributed by atoms with E-state index in [0.29, 0.717) is 20.3 Å². The average molecular weight is 509 g/mol. The van der Waals surface area contributed by atoms with Crippen molar-refractivity contribution in [3.05, 3.63) is 93.3 Å².